The summed E-state index contributed by atoms with van der Waals surface area (Å²) in [5, 5.41) is 0.570. The molecule has 0 amide bonds. The number of benzene rings is 1. The van der Waals surface area contributed by atoms with Gasteiger partial charge in [-0.1, -0.05) is 27.5 Å². The van der Waals surface area contributed by atoms with Gasteiger partial charge in [0.2, 0.25) is 0 Å². The number of anilines is 1. The number of nitrogens with zero attached hydrogens (tertiary/aromatic N) is 2. The second-order valence-electron chi connectivity index (χ2n) is 3.77. The molecule has 0 aliphatic carbocycles. The lowest BCUT2D eigenvalue weighted by atomic mass is 10.2. The fourth-order valence-corrected chi connectivity index (χ4v) is 2.15. The van der Waals surface area contributed by atoms with Crippen LogP contribution >= 0.6 is 27.5 Å². The van der Waals surface area contributed by atoms with Crippen LogP contribution in [0, 0.1) is 0 Å². The first kappa shape index (κ1) is 14.2. The van der Waals surface area contributed by atoms with E-state index in [1.165, 1.54) is 0 Å². The van der Waals surface area contributed by atoms with Gasteiger partial charge in [-0.25, -0.2) is 15.8 Å². The molecule has 0 atom stereocenters. The summed E-state index contributed by atoms with van der Waals surface area (Å²) in [4.78, 5) is 8.70. The molecule has 2 rings (SSSR count). The third kappa shape index (κ3) is 3.42. The average molecular weight is 344 g/mol. The largest absolute Gasteiger partial charge is 0.378 e. The molecule has 0 spiro atoms. The number of rotatable bonds is 4. The summed E-state index contributed by atoms with van der Waals surface area (Å²) >= 11 is 9.57. The lowest BCUT2D eigenvalue weighted by Gasteiger charge is -2.09. The topological polar surface area (TPSA) is 73.1 Å². The van der Waals surface area contributed by atoms with Crippen LogP contribution in [0.1, 0.15) is 5.69 Å². The van der Waals surface area contributed by atoms with Gasteiger partial charge >= 0.3 is 0 Å². The molecule has 1 aromatic heterocycles. The van der Waals surface area contributed by atoms with E-state index in [4.69, 9.17) is 22.2 Å². The first-order valence-electron chi connectivity index (χ1n) is 5.43. The van der Waals surface area contributed by atoms with Crippen molar-refractivity contribution in [1.82, 2.24) is 9.97 Å². The van der Waals surface area contributed by atoms with E-state index < -0.39 is 0 Å². The highest BCUT2D eigenvalue weighted by Crippen LogP contribution is 2.29. The molecule has 0 radical (unpaired) electrons. The second-order valence-corrected chi connectivity index (χ2v) is 5.09. The second kappa shape index (κ2) is 6.29. The molecule has 3 N–H and O–H groups in total. The Morgan fingerprint density at radius 3 is 2.84 bits per heavy atom. The number of nitrogen functional groups attached to an aromatic ring is 1. The summed E-state index contributed by atoms with van der Waals surface area (Å²) in [6.45, 7) is 0.371. The highest BCUT2D eigenvalue weighted by molar-refractivity contribution is 9.10. The molecule has 5 nitrogen and oxygen atoms in total. The van der Waals surface area contributed by atoms with E-state index in [1.807, 2.05) is 12.1 Å². The van der Waals surface area contributed by atoms with Gasteiger partial charge in [-0.05, 0) is 18.2 Å². The summed E-state index contributed by atoms with van der Waals surface area (Å²) < 4.78 is 5.97. The van der Waals surface area contributed by atoms with Crippen LogP contribution in [0.4, 0.5) is 5.82 Å². The molecule has 1 aromatic carbocycles. The van der Waals surface area contributed by atoms with Crippen LogP contribution in [-0.4, -0.2) is 17.1 Å². The number of halogens is 2. The third-order valence-corrected chi connectivity index (χ3v) is 3.21. The molecule has 0 saturated carbocycles. The van der Waals surface area contributed by atoms with Gasteiger partial charge in [0.15, 0.2) is 5.82 Å². The number of hydrazine groups is 1. The quantitative estimate of drug-likeness (QED) is 0.659. The highest BCUT2D eigenvalue weighted by atomic mass is 79.9. The van der Waals surface area contributed by atoms with Gasteiger partial charge in [-0.3, -0.25) is 0 Å². The van der Waals surface area contributed by atoms with Crippen molar-refractivity contribution in [3.63, 3.8) is 0 Å². The number of ether oxygens (including phenoxy) is 1. The van der Waals surface area contributed by atoms with E-state index in [9.17, 15) is 0 Å². The minimum Gasteiger partial charge on any atom is -0.378 e. The molecule has 0 bridgehead atoms. The zero-order valence-corrected chi connectivity index (χ0v) is 12.5. The fraction of sp³-hybridized carbons (Fsp3) is 0.167. The summed E-state index contributed by atoms with van der Waals surface area (Å²) in [7, 11) is 1.60. The van der Waals surface area contributed by atoms with E-state index in [2.05, 4.69) is 31.3 Å². The fourth-order valence-electron chi connectivity index (χ4n) is 1.58. The van der Waals surface area contributed by atoms with Crippen molar-refractivity contribution in [3.8, 4) is 11.4 Å². The Labute approximate surface area is 124 Å². The van der Waals surface area contributed by atoms with Crippen molar-refractivity contribution in [2.75, 3.05) is 12.5 Å². The molecule has 7 heteroatoms. The van der Waals surface area contributed by atoms with Gasteiger partial charge < -0.3 is 10.2 Å². The van der Waals surface area contributed by atoms with Gasteiger partial charge in [0.05, 0.1) is 17.3 Å². The van der Waals surface area contributed by atoms with E-state index >= 15 is 0 Å². The number of methoxy groups -OCH3 is 1. The van der Waals surface area contributed by atoms with Crippen LogP contribution in [-0.2, 0) is 11.3 Å². The number of nitrogens with one attached hydrogen (secondary N) is 1. The van der Waals surface area contributed by atoms with Crippen molar-refractivity contribution < 1.29 is 4.74 Å². The summed E-state index contributed by atoms with van der Waals surface area (Å²) in [5.41, 5.74) is 3.95. The smallest absolute Gasteiger partial charge is 0.163 e. The molecule has 0 unspecified atom stereocenters. The first-order chi connectivity index (χ1) is 9.13. The van der Waals surface area contributed by atoms with Crippen LogP contribution < -0.4 is 11.3 Å². The van der Waals surface area contributed by atoms with Crippen LogP contribution in [0.2, 0.25) is 5.02 Å². The Morgan fingerprint density at radius 1 is 1.37 bits per heavy atom. The highest BCUT2D eigenvalue weighted by Gasteiger charge is 2.10. The molecular weight excluding hydrogens is 332 g/mol. The van der Waals surface area contributed by atoms with Crippen molar-refractivity contribution in [3.05, 3.63) is 39.5 Å². The van der Waals surface area contributed by atoms with Gasteiger partial charge in [0.25, 0.3) is 0 Å². The van der Waals surface area contributed by atoms with E-state index in [1.54, 1.807) is 19.2 Å². The number of hydrogen-bond donors (Lipinski definition) is 2. The Kier molecular flexibility index (Phi) is 4.71. The Morgan fingerprint density at radius 2 is 2.16 bits per heavy atom. The van der Waals surface area contributed by atoms with Gasteiger partial charge in [-0.15, -0.1) is 0 Å². The molecule has 0 aliphatic rings. The van der Waals surface area contributed by atoms with E-state index in [-0.39, 0.29) is 0 Å². The van der Waals surface area contributed by atoms with E-state index in [0.29, 0.717) is 23.3 Å². The lowest BCUT2D eigenvalue weighted by molar-refractivity contribution is 0.181. The maximum absolute atomic E-state index is 6.17. The number of nitrogens with two attached hydrogens (primary N) is 1. The molecule has 0 saturated heterocycles. The van der Waals surface area contributed by atoms with E-state index in [0.717, 1.165) is 15.7 Å². The van der Waals surface area contributed by atoms with Crippen molar-refractivity contribution in [2.45, 2.75) is 6.61 Å². The SMILES string of the molecule is COCc1cc(NN)nc(-c2cc(Br)ccc2Cl)n1. The number of hydrogen-bond acceptors (Lipinski definition) is 5. The molecule has 19 heavy (non-hydrogen) atoms. The first-order valence-corrected chi connectivity index (χ1v) is 6.60. The lowest BCUT2D eigenvalue weighted by Crippen LogP contribution is -2.11. The Hall–Kier alpha value is -1.21. The normalized spacial score (nSPS) is 10.5. The molecule has 1 heterocycles. The molecular formula is C12H12BrClN4O. The number of aromatic nitrogens is 2. The third-order valence-electron chi connectivity index (χ3n) is 2.39. The molecule has 100 valence electrons. The van der Waals surface area contributed by atoms with Crippen LogP contribution in [0.15, 0.2) is 28.7 Å². The maximum atomic E-state index is 6.17. The van der Waals surface area contributed by atoms with Gasteiger partial charge in [0.1, 0.15) is 5.82 Å². The molecule has 0 aliphatic heterocycles. The minimum atomic E-state index is 0.371. The van der Waals surface area contributed by atoms with Crippen molar-refractivity contribution >= 4 is 33.3 Å². The van der Waals surface area contributed by atoms with Crippen LogP contribution in [0.25, 0.3) is 11.4 Å². The zero-order chi connectivity index (χ0) is 13.8. The maximum Gasteiger partial charge on any atom is 0.163 e. The van der Waals surface area contributed by atoms with Crippen LogP contribution in [0.3, 0.4) is 0 Å². The van der Waals surface area contributed by atoms with Gasteiger partial charge in [-0.2, -0.15) is 0 Å². The molecule has 0 fully saturated rings. The minimum absolute atomic E-state index is 0.371. The average Bonchev–Trinajstić information content (AvgIpc) is 2.41. The van der Waals surface area contributed by atoms with Crippen LogP contribution in [0.5, 0.6) is 0 Å². The Balaban J connectivity index is 2.54. The monoisotopic (exact) mass is 342 g/mol. The zero-order valence-electron chi connectivity index (χ0n) is 10.2. The standard InChI is InChI=1S/C12H12BrClN4O/c1-19-6-8-5-11(18-15)17-12(16-8)9-4-7(13)2-3-10(9)14/h2-5H,6,15H2,1H3,(H,16,17,18). The summed E-state index contributed by atoms with van der Waals surface area (Å²) in [6.07, 6.45) is 0. The van der Waals surface area contributed by atoms with Crippen molar-refractivity contribution in [2.24, 2.45) is 5.84 Å². The summed E-state index contributed by atoms with van der Waals surface area (Å²) in [6, 6.07) is 7.21. The molecule has 2 aromatic rings. The van der Waals surface area contributed by atoms with Crippen molar-refractivity contribution in [1.29, 1.82) is 0 Å². The predicted molar refractivity (Wildman–Crippen MR) is 78.7 cm³/mol. The summed E-state index contributed by atoms with van der Waals surface area (Å²) in [5.74, 6) is 6.41. The predicted octanol–water partition coefficient (Wildman–Crippen LogP) is 2.99. The van der Waals surface area contributed by atoms with Gasteiger partial charge in [0, 0.05) is 23.2 Å². The Bertz CT molecular complexity index is 594.